The molecule has 162 valence electrons. The SMILES string of the molecule is CCOC(=O)[C@@]1(C(C)C)CC2(O)C(=O)c3cc(C)ccc3N=C2N1Cc1ccccc1. The number of rotatable bonds is 5. The monoisotopic (exact) mass is 420 g/mol. The van der Waals surface area contributed by atoms with E-state index in [-0.39, 0.29) is 24.8 Å². The van der Waals surface area contributed by atoms with Crippen LogP contribution in [-0.2, 0) is 16.1 Å². The lowest BCUT2D eigenvalue weighted by Crippen LogP contribution is -2.56. The first-order valence-electron chi connectivity index (χ1n) is 10.7. The molecule has 0 bridgehead atoms. The van der Waals surface area contributed by atoms with Crippen LogP contribution in [-0.4, -0.2) is 45.3 Å². The number of amidine groups is 1. The first kappa shape index (κ1) is 21.2. The maximum absolute atomic E-state index is 13.6. The van der Waals surface area contributed by atoms with Gasteiger partial charge in [0.05, 0.1) is 12.3 Å². The van der Waals surface area contributed by atoms with Crippen LogP contribution in [0.15, 0.2) is 53.5 Å². The number of hydrogen-bond acceptors (Lipinski definition) is 6. The Kier molecular flexibility index (Phi) is 5.21. The van der Waals surface area contributed by atoms with E-state index in [1.54, 1.807) is 24.0 Å². The third-order valence-electron chi connectivity index (χ3n) is 6.40. The smallest absolute Gasteiger partial charge is 0.332 e. The average molecular weight is 421 g/mol. The summed E-state index contributed by atoms with van der Waals surface area (Å²) in [5, 5.41) is 11.7. The highest BCUT2D eigenvalue weighted by molar-refractivity contribution is 6.25. The van der Waals surface area contributed by atoms with E-state index >= 15 is 0 Å². The average Bonchev–Trinajstić information content (AvgIpc) is 3.00. The predicted molar refractivity (Wildman–Crippen MR) is 118 cm³/mol. The number of ketones is 1. The number of nitrogens with zero attached hydrogens (tertiary/aromatic N) is 2. The number of carbonyl (C=O) groups is 2. The molecule has 0 aromatic heterocycles. The topological polar surface area (TPSA) is 79.2 Å². The van der Waals surface area contributed by atoms with Crippen LogP contribution in [0.4, 0.5) is 5.69 Å². The molecule has 1 unspecified atom stereocenters. The lowest BCUT2D eigenvalue weighted by atomic mass is 9.77. The van der Waals surface area contributed by atoms with Crippen molar-refractivity contribution >= 4 is 23.3 Å². The minimum atomic E-state index is -1.88. The number of ether oxygens (including phenoxy) is 1. The second-order valence-corrected chi connectivity index (χ2v) is 8.69. The van der Waals surface area contributed by atoms with Crippen LogP contribution in [0.2, 0.25) is 0 Å². The first-order chi connectivity index (χ1) is 14.7. The van der Waals surface area contributed by atoms with Gasteiger partial charge in [-0.2, -0.15) is 0 Å². The van der Waals surface area contributed by atoms with Gasteiger partial charge < -0.3 is 14.7 Å². The third-order valence-corrected chi connectivity index (χ3v) is 6.40. The van der Waals surface area contributed by atoms with Crippen molar-refractivity contribution in [3.05, 3.63) is 65.2 Å². The summed E-state index contributed by atoms with van der Waals surface area (Å²) in [6.07, 6.45) is -0.0889. The van der Waals surface area contributed by atoms with Gasteiger partial charge in [-0.25, -0.2) is 9.79 Å². The van der Waals surface area contributed by atoms with Crippen LogP contribution in [0.1, 0.15) is 48.7 Å². The Hall–Kier alpha value is -2.99. The van der Waals surface area contributed by atoms with Crippen LogP contribution in [0.25, 0.3) is 0 Å². The van der Waals surface area contributed by atoms with E-state index in [0.717, 1.165) is 11.1 Å². The Morgan fingerprint density at radius 1 is 1.23 bits per heavy atom. The Balaban J connectivity index is 1.93. The summed E-state index contributed by atoms with van der Waals surface area (Å²) in [5.41, 5.74) is -0.343. The summed E-state index contributed by atoms with van der Waals surface area (Å²) in [4.78, 5) is 33.5. The van der Waals surface area contributed by atoms with Crippen molar-refractivity contribution in [2.24, 2.45) is 10.9 Å². The molecule has 2 aromatic carbocycles. The number of esters is 1. The molecule has 2 aromatic rings. The second-order valence-electron chi connectivity index (χ2n) is 8.69. The number of aliphatic imine (C=N–C) groups is 1. The van der Waals surface area contributed by atoms with Crippen molar-refractivity contribution in [3.63, 3.8) is 0 Å². The van der Waals surface area contributed by atoms with E-state index in [1.165, 1.54) is 0 Å². The molecule has 2 heterocycles. The quantitative estimate of drug-likeness (QED) is 0.744. The molecule has 1 N–H and O–H groups in total. The van der Waals surface area contributed by atoms with Crippen molar-refractivity contribution < 1.29 is 19.4 Å². The molecule has 0 saturated carbocycles. The van der Waals surface area contributed by atoms with Crippen molar-refractivity contribution in [3.8, 4) is 0 Å². The molecule has 31 heavy (non-hydrogen) atoms. The van der Waals surface area contributed by atoms with E-state index in [9.17, 15) is 14.7 Å². The fourth-order valence-corrected chi connectivity index (χ4v) is 4.75. The molecule has 0 radical (unpaired) electrons. The summed E-state index contributed by atoms with van der Waals surface area (Å²) in [6.45, 7) is 8.02. The summed E-state index contributed by atoms with van der Waals surface area (Å²) >= 11 is 0. The van der Waals surface area contributed by atoms with E-state index in [0.29, 0.717) is 17.8 Å². The molecule has 0 spiro atoms. The van der Waals surface area contributed by atoms with Crippen molar-refractivity contribution in [1.82, 2.24) is 4.90 Å². The molecule has 1 saturated heterocycles. The summed E-state index contributed by atoms with van der Waals surface area (Å²) < 4.78 is 5.48. The molecule has 2 atom stereocenters. The largest absolute Gasteiger partial charge is 0.464 e. The van der Waals surface area contributed by atoms with Gasteiger partial charge in [-0.3, -0.25) is 4.79 Å². The van der Waals surface area contributed by atoms with Gasteiger partial charge in [-0.15, -0.1) is 0 Å². The highest BCUT2D eigenvalue weighted by atomic mass is 16.5. The van der Waals surface area contributed by atoms with Gasteiger partial charge in [0.2, 0.25) is 5.78 Å². The minimum Gasteiger partial charge on any atom is -0.464 e. The Morgan fingerprint density at radius 3 is 2.58 bits per heavy atom. The van der Waals surface area contributed by atoms with Gasteiger partial charge in [0.1, 0.15) is 11.4 Å². The molecule has 0 aliphatic carbocycles. The number of hydrogen-bond donors (Lipinski definition) is 1. The Morgan fingerprint density at radius 2 is 1.94 bits per heavy atom. The van der Waals surface area contributed by atoms with Gasteiger partial charge in [-0.05, 0) is 37.5 Å². The number of fused-ring (bicyclic) bond motifs is 2. The highest BCUT2D eigenvalue weighted by Gasteiger charge is 2.66. The molecule has 6 heteroatoms. The van der Waals surface area contributed by atoms with Gasteiger partial charge in [0.15, 0.2) is 5.60 Å². The third kappa shape index (κ3) is 3.17. The fraction of sp³-hybridized carbons (Fsp3) is 0.400. The molecule has 0 amide bonds. The molecule has 2 aliphatic heterocycles. The van der Waals surface area contributed by atoms with Gasteiger partial charge in [0.25, 0.3) is 0 Å². The van der Waals surface area contributed by atoms with Crippen molar-refractivity contribution in [2.75, 3.05) is 6.61 Å². The van der Waals surface area contributed by atoms with E-state index in [4.69, 9.17) is 9.73 Å². The highest BCUT2D eigenvalue weighted by Crippen LogP contribution is 2.49. The normalized spacial score (nSPS) is 24.6. The maximum Gasteiger partial charge on any atom is 0.332 e. The summed E-state index contributed by atoms with van der Waals surface area (Å²) in [6, 6.07) is 15.1. The Bertz CT molecular complexity index is 1060. The van der Waals surface area contributed by atoms with Gasteiger partial charge in [0, 0.05) is 18.5 Å². The van der Waals surface area contributed by atoms with Crippen molar-refractivity contribution in [2.45, 2.75) is 51.8 Å². The molecule has 4 rings (SSSR count). The second kappa shape index (κ2) is 7.61. The number of Topliss-reactive ketones (excluding diaryl/α,β-unsaturated/α-hetero) is 1. The minimum absolute atomic E-state index is 0.0889. The van der Waals surface area contributed by atoms with Crippen LogP contribution < -0.4 is 0 Å². The number of aliphatic hydroxyl groups is 1. The van der Waals surface area contributed by atoms with Crippen LogP contribution in [0, 0.1) is 12.8 Å². The maximum atomic E-state index is 13.6. The van der Waals surface area contributed by atoms with Crippen LogP contribution in [0.3, 0.4) is 0 Å². The molecular weight excluding hydrogens is 392 g/mol. The zero-order valence-electron chi connectivity index (χ0n) is 18.4. The molecule has 2 aliphatic rings. The zero-order valence-corrected chi connectivity index (χ0v) is 18.4. The molecular formula is C25H28N2O4. The van der Waals surface area contributed by atoms with E-state index < -0.39 is 22.9 Å². The van der Waals surface area contributed by atoms with E-state index in [2.05, 4.69) is 0 Å². The Labute approximate surface area is 182 Å². The number of aryl methyl sites for hydroxylation is 1. The van der Waals surface area contributed by atoms with Gasteiger partial charge in [-0.1, -0.05) is 55.8 Å². The van der Waals surface area contributed by atoms with E-state index in [1.807, 2.05) is 57.2 Å². The first-order valence-corrected chi connectivity index (χ1v) is 10.7. The standard InChI is InChI=1S/C25H28N2O4/c1-5-31-23(29)24(16(2)3)15-25(30)21(28)19-13-17(4)11-12-20(19)26-22(25)27(24)14-18-9-7-6-8-10-18/h6-13,16,30H,5,14-15H2,1-4H3/t24-,25?/m0/s1. The predicted octanol–water partition coefficient (Wildman–Crippen LogP) is 3.82. The summed E-state index contributed by atoms with van der Waals surface area (Å²) in [7, 11) is 0. The zero-order chi connectivity index (χ0) is 22.4. The van der Waals surface area contributed by atoms with Crippen LogP contribution >= 0.6 is 0 Å². The number of carbonyl (C=O) groups excluding carboxylic acids is 2. The molecule has 1 fully saturated rings. The summed E-state index contributed by atoms with van der Waals surface area (Å²) in [5.74, 6) is -0.870. The lowest BCUT2D eigenvalue weighted by molar-refractivity contribution is -0.158. The van der Waals surface area contributed by atoms with Gasteiger partial charge >= 0.3 is 5.97 Å². The number of benzene rings is 2. The van der Waals surface area contributed by atoms with Crippen molar-refractivity contribution in [1.29, 1.82) is 0 Å². The molecule has 6 nitrogen and oxygen atoms in total. The fourth-order valence-electron chi connectivity index (χ4n) is 4.75. The van der Waals surface area contributed by atoms with Crippen LogP contribution in [0.5, 0.6) is 0 Å². The lowest BCUT2D eigenvalue weighted by Gasteiger charge is -2.40. The number of likely N-dealkylation sites (tertiary alicyclic amines) is 1.